The predicted molar refractivity (Wildman–Crippen MR) is 85.2 cm³/mol. The van der Waals surface area contributed by atoms with Crippen molar-refractivity contribution in [3.63, 3.8) is 0 Å². The molecule has 7 heteroatoms. The molecule has 1 aromatic heterocycles. The molecule has 1 heterocycles. The summed E-state index contributed by atoms with van der Waals surface area (Å²) >= 11 is 1.30. The van der Waals surface area contributed by atoms with E-state index < -0.39 is 10.0 Å². The lowest BCUT2D eigenvalue weighted by molar-refractivity contribution is 0.601. The number of anilines is 1. The fourth-order valence-electron chi connectivity index (χ4n) is 1.97. The molecule has 0 fully saturated rings. The molecule has 2 aromatic rings. The van der Waals surface area contributed by atoms with Crippen LogP contribution in [-0.4, -0.2) is 18.6 Å². The number of benzene rings is 1. The molecule has 1 N–H and O–H groups in total. The van der Waals surface area contributed by atoms with Crippen molar-refractivity contribution in [2.45, 2.75) is 44.4 Å². The minimum Gasteiger partial charge on any atom is -0.253 e. The van der Waals surface area contributed by atoms with Gasteiger partial charge in [-0.3, -0.25) is 4.72 Å². The van der Waals surface area contributed by atoms with Gasteiger partial charge in [-0.2, -0.15) is 0 Å². The zero-order valence-electron chi connectivity index (χ0n) is 12.3. The van der Waals surface area contributed by atoms with Gasteiger partial charge in [0, 0.05) is 5.92 Å². The molecule has 0 saturated carbocycles. The van der Waals surface area contributed by atoms with Gasteiger partial charge in [-0.1, -0.05) is 42.9 Å². The second-order valence-corrected chi connectivity index (χ2v) is 7.57. The van der Waals surface area contributed by atoms with E-state index in [0.717, 1.165) is 23.4 Å². The van der Waals surface area contributed by atoms with Crippen LogP contribution in [0.3, 0.4) is 0 Å². The van der Waals surface area contributed by atoms with Crippen LogP contribution in [0.2, 0.25) is 0 Å². The number of nitrogens with one attached hydrogen (secondary N) is 1. The van der Waals surface area contributed by atoms with Crippen molar-refractivity contribution < 1.29 is 8.42 Å². The first-order valence-corrected chi connectivity index (χ1v) is 9.19. The summed E-state index contributed by atoms with van der Waals surface area (Å²) in [7, 11) is -3.60. The normalized spacial score (nSPS) is 11.8. The smallest absolute Gasteiger partial charge is 0.253 e. The molecule has 21 heavy (non-hydrogen) atoms. The van der Waals surface area contributed by atoms with E-state index in [0.29, 0.717) is 11.0 Å². The Balaban J connectivity index is 2.19. The molecule has 0 unspecified atom stereocenters. The number of hydrogen-bond donors (Lipinski definition) is 1. The topological polar surface area (TPSA) is 72.0 Å². The van der Waals surface area contributed by atoms with Crippen LogP contribution in [0.4, 0.5) is 5.13 Å². The molecule has 0 amide bonds. The van der Waals surface area contributed by atoms with E-state index in [1.54, 1.807) is 24.3 Å². The molecule has 0 aliphatic heterocycles. The summed E-state index contributed by atoms with van der Waals surface area (Å²) in [5.41, 5.74) is 1.01. The molecular formula is C14H19N3O2S2. The Hall–Kier alpha value is -1.47. The lowest BCUT2D eigenvalue weighted by Crippen LogP contribution is -2.12. The van der Waals surface area contributed by atoms with Crippen LogP contribution in [-0.2, 0) is 10.0 Å². The van der Waals surface area contributed by atoms with Crippen molar-refractivity contribution in [3.05, 3.63) is 34.8 Å². The number of sulfonamides is 1. The molecule has 0 spiro atoms. The minimum atomic E-state index is -3.60. The summed E-state index contributed by atoms with van der Waals surface area (Å²) in [4.78, 5) is 0.229. The van der Waals surface area contributed by atoms with Gasteiger partial charge in [0.15, 0.2) is 0 Å². The van der Waals surface area contributed by atoms with Crippen molar-refractivity contribution in [2.75, 3.05) is 4.72 Å². The Labute approximate surface area is 129 Å². The van der Waals surface area contributed by atoms with Crippen LogP contribution < -0.4 is 4.72 Å². The summed E-state index contributed by atoms with van der Waals surface area (Å²) in [5, 5.41) is 9.22. The Kier molecular flexibility index (Phi) is 4.95. The van der Waals surface area contributed by atoms with Gasteiger partial charge < -0.3 is 0 Å². The SMILES string of the molecule is CCC(CC)c1nnc(NS(=O)(=O)c2ccc(C)cc2)s1. The van der Waals surface area contributed by atoms with Gasteiger partial charge in [0.05, 0.1) is 4.90 Å². The molecule has 114 valence electrons. The second kappa shape index (κ2) is 6.53. The van der Waals surface area contributed by atoms with E-state index >= 15 is 0 Å². The minimum absolute atomic E-state index is 0.229. The van der Waals surface area contributed by atoms with Crippen molar-refractivity contribution >= 4 is 26.5 Å². The van der Waals surface area contributed by atoms with Crippen molar-refractivity contribution in [3.8, 4) is 0 Å². The molecule has 0 aliphatic carbocycles. The summed E-state index contributed by atoms with van der Waals surface area (Å²) in [5.74, 6) is 0.333. The highest BCUT2D eigenvalue weighted by atomic mass is 32.2. The number of rotatable bonds is 6. The molecule has 0 atom stereocenters. The van der Waals surface area contributed by atoms with Crippen LogP contribution >= 0.6 is 11.3 Å². The van der Waals surface area contributed by atoms with Gasteiger partial charge in [-0.15, -0.1) is 10.2 Å². The number of aryl methyl sites for hydroxylation is 1. The standard InChI is InChI=1S/C14H19N3O2S2/c1-4-11(5-2)13-15-16-14(20-13)17-21(18,19)12-8-6-10(3)7-9-12/h6-9,11H,4-5H2,1-3H3,(H,16,17). The van der Waals surface area contributed by atoms with E-state index in [4.69, 9.17) is 0 Å². The summed E-state index contributed by atoms with van der Waals surface area (Å²) in [6.45, 7) is 6.09. The monoisotopic (exact) mass is 325 g/mol. The molecule has 2 rings (SSSR count). The van der Waals surface area contributed by atoms with Gasteiger partial charge in [0.2, 0.25) is 5.13 Å². The van der Waals surface area contributed by atoms with Crippen LogP contribution in [0.1, 0.15) is 43.2 Å². The molecule has 1 aromatic carbocycles. The Morgan fingerprint density at radius 2 is 1.76 bits per heavy atom. The van der Waals surface area contributed by atoms with Gasteiger partial charge in [-0.05, 0) is 31.9 Å². The predicted octanol–water partition coefficient (Wildman–Crippen LogP) is 3.55. The maximum atomic E-state index is 12.3. The van der Waals surface area contributed by atoms with Crippen molar-refractivity contribution in [2.24, 2.45) is 0 Å². The average Bonchev–Trinajstić information content (AvgIpc) is 2.88. The lowest BCUT2D eigenvalue weighted by Gasteiger charge is -2.06. The third-order valence-electron chi connectivity index (χ3n) is 3.33. The highest BCUT2D eigenvalue weighted by Crippen LogP contribution is 2.29. The fourth-order valence-corrected chi connectivity index (χ4v) is 4.21. The summed E-state index contributed by atoms with van der Waals surface area (Å²) in [6.07, 6.45) is 1.94. The summed E-state index contributed by atoms with van der Waals surface area (Å²) in [6, 6.07) is 6.70. The third kappa shape index (κ3) is 3.79. The quantitative estimate of drug-likeness (QED) is 0.881. The zero-order chi connectivity index (χ0) is 15.5. The first-order valence-electron chi connectivity index (χ1n) is 6.89. The first kappa shape index (κ1) is 15.9. The van der Waals surface area contributed by atoms with Crippen LogP contribution in [0, 0.1) is 6.92 Å². The molecule has 0 radical (unpaired) electrons. The van der Waals surface area contributed by atoms with E-state index in [-0.39, 0.29) is 4.90 Å². The molecule has 0 aliphatic rings. The first-order chi connectivity index (χ1) is 9.96. The maximum absolute atomic E-state index is 12.3. The van der Waals surface area contributed by atoms with Crippen molar-refractivity contribution in [1.82, 2.24) is 10.2 Å². The van der Waals surface area contributed by atoms with Gasteiger partial charge >= 0.3 is 0 Å². The van der Waals surface area contributed by atoms with E-state index in [1.165, 1.54) is 11.3 Å². The van der Waals surface area contributed by atoms with Crippen molar-refractivity contribution in [1.29, 1.82) is 0 Å². The average molecular weight is 325 g/mol. The highest BCUT2D eigenvalue weighted by Gasteiger charge is 2.18. The maximum Gasteiger partial charge on any atom is 0.263 e. The van der Waals surface area contributed by atoms with Gasteiger partial charge in [0.1, 0.15) is 5.01 Å². The van der Waals surface area contributed by atoms with Crippen LogP contribution in [0.25, 0.3) is 0 Å². The second-order valence-electron chi connectivity index (χ2n) is 4.88. The lowest BCUT2D eigenvalue weighted by atomic mass is 10.1. The van der Waals surface area contributed by atoms with Crippen LogP contribution in [0.15, 0.2) is 29.2 Å². The number of nitrogens with zero attached hydrogens (tertiary/aromatic N) is 2. The number of hydrogen-bond acceptors (Lipinski definition) is 5. The van der Waals surface area contributed by atoms with Crippen LogP contribution in [0.5, 0.6) is 0 Å². The molecule has 0 saturated heterocycles. The summed E-state index contributed by atoms with van der Waals surface area (Å²) < 4.78 is 27.0. The molecule has 0 bridgehead atoms. The number of aromatic nitrogens is 2. The van der Waals surface area contributed by atoms with E-state index in [2.05, 4.69) is 28.8 Å². The Morgan fingerprint density at radius 3 is 2.33 bits per heavy atom. The largest absolute Gasteiger partial charge is 0.263 e. The molecule has 5 nitrogen and oxygen atoms in total. The highest BCUT2D eigenvalue weighted by molar-refractivity contribution is 7.93. The third-order valence-corrected chi connectivity index (χ3v) is 5.81. The van der Waals surface area contributed by atoms with E-state index in [1.807, 2.05) is 6.92 Å². The Bertz CT molecular complexity index is 689. The Morgan fingerprint density at radius 1 is 1.14 bits per heavy atom. The molecular weight excluding hydrogens is 306 g/mol. The van der Waals surface area contributed by atoms with E-state index in [9.17, 15) is 8.42 Å². The fraction of sp³-hybridized carbons (Fsp3) is 0.429. The van der Waals surface area contributed by atoms with Gasteiger partial charge in [-0.25, -0.2) is 8.42 Å². The zero-order valence-corrected chi connectivity index (χ0v) is 14.0. The van der Waals surface area contributed by atoms with Gasteiger partial charge in [0.25, 0.3) is 10.0 Å².